The van der Waals surface area contributed by atoms with E-state index >= 15 is 0 Å². The topological polar surface area (TPSA) is 0 Å². The normalized spacial score (nSPS) is 14.5. The van der Waals surface area contributed by atoms with Gasteiger partial charge in [0, 0.05) is 0 Å². The zero-order valence-electron chi connectivity index (χ0n) is 14.9. The van der Waals surface area contributed by atoms with Gasteiger partial charge in [-0.25, -0.2) is 0 Å². The smallest absolute Gasteiger partial charge is 0.147 e. The Morgan fingerprint density at radius 3 is 1.84 bits per heavy atom. The molecule has 0 radical (unpaired) electrons. The average Bonchev–Trinajstić information content (AvgIpc) is 3.11. The number of allylic oxidation sites excluding steroid dienone is 4. The molecule has 0 heterocycles. The van der Waals surface area contributed by atoms with Gasteiger partial charge in [0.15, 0.2) is 0 Å². The van der Waals surface area contributed by atoms with Crippen molar-refractivity contribution in [1.29, 1.82) is 0 Å². The summed E-state index contributed by atoms with van der Waals surface area (Å²) < 4.78 is 4.21. The van der Waals surface area contributed by atoms with Gasteiger partial charge in [-0.3, -0.25) is 0 Å². The van der Waals surface area contributed by atoms with Crippen LogP contribution in [0.2, 0.25) is 0 Å². The molecule has 0 unspecified atom stereocenters. The third kappa shape index (κ3) is 3.44. The van der Waals surface area contributed by atoms with Crippen LogP contribution in [0.3, 0.4) is 0 Å². The minimum Gasteiger partial charge on any atom is -0.147 e. The molecule has 0 amide bonds. The van der Waals surface area contributed by atoms with E-state index in [0.29, 0.717) is 3.67 Å². The summed E-state index contributed by atoms with van der Waals surface area (Å²) in [4.78, 5) is 0. The molecular formula is C22H24Cl2Hf. The van der Waals surface area contributed by atoms with Crippen molar-refractivity contribution < 1.29 is 21.0 Å². The summed E-state index contributed by atoms with van der Waals surface area (Å²) in [5, 5.41) is 0. The molecule has 4 rings (SSSR count). The molecule has 2 aromatic rings. The van der Waals surface area contributed by atoms with Crippen molar-refractivity contribution >= 4 is 28.1 Å². The largest absolute Gasteiger partial charge is 0.147 e. The first-order valence-electron chi connectivity index (χ1n) is 8.40. The van der Waals surface area contributed by atoms with E-state index in [9.17, 15) is 0 Å². The Hall–Kier alpha value is -0.760. The Morgan fingerprint density at radius 2 is 1.40 bits per heavy atom. The Bertz CT molecular complexity index is 841. The van der Waals surface area contributed by atoms with Crippen molar-refractivity contribution in [2.75, 3.05) is 0 Å². The summed E-state index contributed by atoms with van der Waals surface area (Å²) in [6.45, 7) is 7.10. The van der Waals surface area contributed by atoms with Crippen molar-refractivity contribution in [3.8, 4) is 11.1 Å². The summed E-state index contributed by atoms with van der Waals surface area (Å²) >= 11 is -2.12. The predicted octanol–water partition coefficient (Wildman–Crippen LogP) is 6.66. The summed E-state index contributed by atoms with van der Waals surface area (Å²) in [6.07, 6.45) is 5.90. The maximum atomic E-state index is 2.39. The van der Waals surface area contributed by atoms with Crippen LogP contribution in [0.25, 0.3) is 11.1 Å². The van der Waals surface area contributed by atoms with Gasteiger partial charge >= 0.3 is 147 Å². The van der Waals surface area contributed by atoms with E-state index in [0.717, 1.165) is 0 Å². The van der Waals surface area contributed by atoms with Gasteiger partial charge < -0.3 is 0 Å². The van der Waals surface area contributed by atoms with E-state index in [1.165, 1.54) is 17.5 Å². The number of fused-ring (bicyclic) bond motifs is 3. The first-order chi connectivity index (χ1) is 11.2. The second-order valence-electron chi connectivity index (χ2n) is 6.79. The number of benzene rings is 2. The minimum absolute atomic E-state index is 0. The molecule has 2 aliphatic rings. The molecule has 130 valence electrons. The fourth-order valence-corrected chi connectivity index (χ4v) is 16.7. The second kappa shape index (κ2) is 8.29. The molecule has 0 fully saturated rings. The molecule has 2 aromatic carbocycles. The van der Waals surface area contributed by atoms with Gasteiger partial charge in [0.25, 0.3) is 0 Å². The quantitative estimate of drug-likeness (QED) is 0.376. The number of halogens is 2. The molecule has 0 N–H and O–H groups in total. The Labute approximate surface area is 170 Å². The second-order valence-corrected chi connectivity index (χ2v) is 17.6. The Balaban J connectivity index is 0.00000113. The summed E-state index contributed by atoms with van der Waals surface area (Å²) in [5.41, 5.74) is 7.67. The van der Waals surface area contributed by atoms with Crippen LogP contribution in [0.5, 0.6) is 0 Å². The first-order valence-corrected chi connectivity index (χ1v) is 14.1. The van der Waals surface area contributed by atoms with Gasteiger partial charge in [0.1, 0.15) is 0 Å². The third-order valence-corrected chi connectivity index (χ3v) is 17.8. The Kier molecular flexibility index (Phi) is 6.81. The Morgan fingerprint density at radius 1 is 0.880 bits per heavy atom. The van der Waals surface area contributed by atoms with E-state index in [-0.39, 0.29) is 24.8 Å². The van der Waals surface area contributed by atoms with Crippen molar-refractivity contribution in [1.82, 2.24) is 0 Å². The molecule has 0 spiro atoms. The molecule has 0 nitrogen and oxygen atoms in total. The van der Waals surface area contributed by atoms with E-state index in [2.05, 4.69) is 81.5 Å². The standard InChI is InChI=1S/C13H9.C6H7.C3H6.2ClH.Hf/c1-3-7-12-10(5-1)9-11-6-2-4-8-13(11)12;1-6-4-2-3-5-6;1-3-2;;;/h1-9H;2,4H,3H2,1H3;1-2H3;2*1H;. The van der Waals surface area contributed by atoms with Crippen molar-refractivity contribution in [3.63, 3.8) is 0 Å². The van der Waals surface area contributed by atoms with Crippen LogP contribution in [0.4, 0.5) is 0 Å². The molecule has 2 aliphatic carbocycles. The summed E-state index contributed by atoms with van der Waals surface area (Å²) in [5.74, 6) is 0. The van der Waals surface area contributed by atoms with Crippen molar-refractivity contribution in [2.24, 2.45) is 0 Å². The van der Waals surface area contributed by atoms with Gasteiger partial charge in [-0.05, 0) is 0 Å². The molecule has 0 saturated carbocycles. The molecule has 25 heavy (non-hydrogen) atoms. The van der Waals surface area contributed by atoms with Crippen molar-refractivity contribution in [2.45, 2.75) is 30.9 Å². The summed E-state index contributed by atoms with van der Waals surface area (Å²) in [7, 11) is 0. The van der Waals surface area contributed by atoms with Crippen LogP contribution in [0.15, 0.2) is 69.6 Å². The number of rotatable bonds is 2. The fraction of sp³-hybridized carbons (Fsp3) is 0.227. The van der Waals surface area contributed by atoms with Crippen LogP contribution in [-0.2, 0) is 21.0 Å². The van der Waals surface area contributed by atoms with Gasteiger partial charge in [-0.2, -0.15) is 0 Å². The molecule has 0 aromatic heterocycles. The molecule has 0 bridgehead atoms. The van der Waals surface area contributed by atoms with Crippen LogP contribution < -0.4 is 0 Å². The van der Waals surface area contributed by atoms with Gasteiger partial charge in [0.2, 0.25) is 0 Å². The average molecular weight is 538 g/mol. The maximum absolute atomic E-state index is 2.39. The zero-order valence-corrected chi connectivity index (χ0v) is 20.1. The van der Waals surface area contributed by atoms with Gasteiger partial charge in [-0.15, -0.1) is 24.8 Å². The molecule has 0 atom stereocenters. The minimum atomic E-state index is -2.12. The number of hydrogen-bond acceptors (Lipinski definition) is 0. The maximum Gasteiger partial charge on any atom is -0.147 e. The van der Waals surface area contributed by atoms with Gasteiger partial charge in [-0.1, -0.05) is 0 Å². The molecule has 3 heteroatoms. The van der Waals surface area contributed by atoms with E-state index in [1.54, 1.807) is 20.0 Å². The van der Waals surface area contributed by atoms with E-state index < -0.39 is 21.0 Å². The fourth-order valence-electron chi connectivity index (χ4n) is 4.17. The zero-order chi connectivity index (χ0) is 16.0. The van der Waals surface area contributed by atoms with Gasteiger partial charge in [0.05, 0.1) is 0 Å². The van der Waals surface area contributed by atoms with Crippen LogP contribution >= 0.6 is 24.8 Å². The third-order valence-electron chi connectivity index (χ3n) is 5.15. The first kappa shape index (κ1) is 20.6. The molecular weight excluding hydrogens is 514 g/mol. The van der Waals surface area contributed by atoms with E-state index in [4.69, 9.17) is 0 Å². The SMILES string of the molecule is CC1=[C]([Hf](=[C](C)C)[CH]2c3ccccc3-c3ccccc32)CC=C1.Cl.Cl. The summed E-state index contributed by atoms with van der Waals surface area (Å²) in [6, 6.07) is 18.2. The molecule has 0 aliphatic heterocycles. The van der Waals surface area contributed by atoms with E-state index in [1.807, 2.05) is 3.33 Å². The van der Waals surface area contributed by atoms with Crippen molar-refractivity contribution in [3.05, 3.63) is 80.7 Å². The molecule has 0 saturated heterocycles. The monoisotopic (exact) mass is 538 g/mol. The van der Waals surface area contributed by atoms with Crippen LogP contribution in [-0.4, -0.2) is 3.26 Å². The van der Waals surface area contributed by atoms with Crippen LogP contribution in [0, 0.1) is 0 Å². The predicted molar refractivity (Wildman–Crippen MR) is 111 cm³/mol. The van der Waals surface area contributed by atoms with Crippen LogP contribution in [0.1, 0.15) is 42.0 Å². The number of hydrogen-bond donors (Lipinski definition) is 0.